The fourth-order valence-corrected chi connectivity index (χ4v) is 1.94. The number of hydrogen-bond acceptors (Lipinski definition) is 2. The molecule has 0 bridgehead atoms. The Morgan fingerprint density at radius 1 is 1.21 bits per heavy atom. The van der Waals surface area contributed by atoms with Crippen LogP contribution in [0.3, 0.4) is 0 Å². The molecule has 1 heterocycles. The van der Waals surface area contributed by atoms with E-state index in [4.69, 9.17) is 4.74 Å². The van der Waals surface area contributed by atoms with Crippen LogP contribution in [0.1, 0.15) is 27.7 Å². The molecule has 0 aromatic carbocycles. The van der Waals surface area contributed by atoms with Gasteiger partial charge in [0.2, 0.25) is 0 Å². The molecule has 2 unspecified atom stereocenters. The van der Waals surface area contributed by atoms with E-state index >= 15 is 0 Å². The molecule has 2 atom stereocenters. The molecule has 0 N–H and O–H groups in total. The molecule has 0 aromatic heterocycles. The standard InChI is InChI=1S/C12H21NO/c1-5-7-12(6-2)13-8-10(3)14-11(4)9-13/h5-7,10-11H,8-9H2,1-4H3. The van der Waals surface area contributed by atoms with Gasteiger partial charge in [0, 0.05) is 18.8 Å². The Morgan fingerprint density at radius 2 is 1.79 bits per heavy atom. The van der Waals surface area contributed by atoms with Gasteiger partial charge in [0.15, 0.2) is 0 Å². The average molecular weight is 195 g/mol. The zero-order chi connectivity index (χ0) is 10.6. The molecule has 0 aromatic rings. The van der Waals surface area contributed by atoms with Crippen molar-refractivity contribution >= 4 is 0 Å². The maximum atomic E-state index is 5.70. The first kappa shape index (κ1) is 11.3. The van der Waals surface area contributed by atoms with Crippen LogP contribution in [0.25, 0.3) is 0 Å². The third-order valence-corrected chi connectivity index (χ3v) is 2.42. The lowest BCUT2D eigenvalue weighted by Crippen LogP contribution is -2.44. The largest absolute Gasteiger partial charge is 0.372 e. The summed E-state index contributed by atoms with van der Waals surface area (Å²) >= 11 is 0. The summed E-state index contributed by atoms with van der Waals surface area (Å²) in [5.41, 5.74) is 1.30. The van der Waals surface area contributed by atoms with Crippen molar-refractivity contribution in [3.63, 3.8) is 0 Å². The van der Waals surface area contributed by atoms with Crippen molar-refractivity contribution in [1.82, 2.24) is 4.90 Å². The third kappa shape index (κ3) is 2.88. The van der Waals surface area contributed by atoms with Crippen LogP contribution in [0.15, 0.2) is 23.9 Å². The molecule has 0 spiro atoms. The van der Waals surface area contributed by atoms with E-state index < -0.39 is 0 Å². The van der Waals surface area contributed by atoms with Crippen LogP contribution in [-0.4, -0.2) is 30.2 Å². The predicted molar refractivity (Wildman–Crippen MR) is 60.2 cm³/mol. The van der Waals surface area contributed by atoms with Gasteiger partial charge >= 0.3 is 0 Å². The summed E-state index contributed by atoms with van der Waals surface area (Å²) < 4.78 is 5.70. The second-order valence-corrected chi connectivity index (χ2v) is 3.88. The van der Waals surface area contributed by atoms with Gasteiger partial charge in [-0.15, -0.1) is 0 Å². The molecule has 1 aliphatic rings. The van der Waals surface area contributed by atoms with Crippen LogP contribution >= 0.6 is 0 Å². The highest BCUT2D eigenvalue weighted by Crippen LogP contribution is 2.16. The Labute approximate surface area is 87.2 Å². The van der Waals surface area contributed by atoms with Gasteiger partial charge in [0.25, 0.3) is 0 Å². The minimum Gasteiger partial charge on any atom is -0.372 e. The van der Waals surface area contributed by atoms with E-state index in [1.165, 1.54) is 5.70 Å². The van der Waals surface area contributed by atoms with Crippen LogP contribution in [0.5, 0.6) is 0 Å². The molecule has 80 valence electrons. The number of ether oxygens (including phenoxy) is 1. The average Bonchev–Trinajstić information content (AvgIpc) is 2.12. The Balaban J connectivity index is 2.66. The van der Waals surface area contributed by atoms with Gasteiger partial charge in [-0.2, -0.15) is 0 Å². The van der Waals surface area contributed by atoms with E-state index in [0.717, 1.165) is 13.1 Å². The van der Waals surface area contributed by atoms with Crippen molar-refractivity contribution in [2.45, 2.75) is 39.9 Å². The summed E-state index contributed by atoms with van der Waals surface area (Å²) in [6.07, 6.45) is 7.06. The lowest BCUT2D eigenvalue weighted by Gasteiger charge is -2.37. The molecule has 0 radical (unpaired) electrons. The SMILES string of the molecule is CC=CC(=CC)N1CC(C)OC(C)C1. The molecule has 0 amide bonds. The topological polar surface area (TPSA) is 12.5 Å². The van der Waals surface area contributed by atoms with E-state index in [1.54, 1.807) is 0 Å². The van der Waals surface area contributed by atoms with Gasteiger partial charge in [0.05, 0.1) is 12.2 Å². The minimum absolute atomic E-state index is 0.332. The summed E-state index contributed by atoms with van der Waals surface area (Å²) in [5.74, 6) is 0. The molecule has 1 rings (SSSR count). The second-order valence-electron chi connectivity index (χ2n) is 3.88. The molecular weight excluding hydrogens is 174 g/mol. The molecule has 0 saturated carbocycles. The molecule has 1 fully saturated rings. The lowest BCUT2D eigenvalue weighted by molar-refractivity contribution is -0.0567. The van der Waals surface area contributed by atoms with Crippen LogP contribution in [0.2, 0.25) is 0 Å². The second kappa shape index (κ2) is 5.20. The van der Waals surface area contributed by atoms with Crippen LogP contribution in [-0.2, 0) is 4.74 Å². The normalized spacial score (nSPS) is 30.0. The fraction of sp³-hybridized carbons (Fsp3) is 0.667. The molecule has 1 aliphatic heterocycles. The first-order chi connectivity index (χ1) is 6.67. The number of morpholine rings is 1. The van der Waals surface area contributed by atoms with E-state index in [9.17, 15) is 0 Å². The van der Waals surface area contributed by atoms with E-state index in [-0.39, 0.29) is 0 Å². The first-order valence-corrected chi connectivity index (χ1v) is 5.36. The Bertz CT molecular complexity index is 222. The van der Waals surface area contributed by atoms with Gasteiger partial charge < -0.3 is 9.64 Å². The molecule has 1 saturated heterocycles. The van der Waals surface area contributed by atoms with Gasteiger partial charge in [-0.1, -0.05) is 12.2 Å². The maximum absolute atomic E-state index is 5.70. The van der Waals surface area contributed by atoms with Gasteiger partial charge in [-0.05, 0) is 33.8 Å². The van der Waals surface area contributed by atoms with Crippen molar-refractivity contribution in [2.75, 3.05) is 13.1 Å². The maximum Gasteiger partial charge on any atom is 0.0726 e. The minimum atomic E-state index is 0.332. The van der Waals surface area contributed by atoms with E-state index in [1.807, 2.05) is 0 Å². The summed E-state index contributed by atoms with van der Waals surface area (Å²) in [6.45, 7) is 10.4. The Hall–Kier alpha value is -0.760. The highest BCUT2D eigenvalue weighted by atomic mass is 16.5. The van der Waals surface area contributed by atoms with Crippen LogP contribution < -0.4 is 0 Å². The summed E-state index contributed by atoms with van der Waals surface area (Å²) in [5, 5.41) is 0. The quantitative estimate of drug-likeness (QED) is 0.628. The lowest BCUT2D eigenvalue weighted by atomic mass is 10.2. The number of rotatable bonds is 2. The molecule has 2 heteroatoms. The first-order valence-electron chi connectivity index (χ1n) is 5.36. The van der Waals surface area contributed by atoms with Crippen LogP contribution in [0.4, 0.5) is 0 Å². The zero-order valence-corrected chi connectivity index (χ0v) is 9.66. The monoisotopic (exact) mass is 195 g/mol. The summed E-state index contributed by atoms with van der Waals surface area (Å²) in [4.78, 5) is 2.39. The Kier molecular flexibility index (Phi) is 4.21. The third-order valence-electron chi connectivity index (χ3n) is 2.42. The molecule has 2 nitrogen and oxygen atoms in total. The smallest absolute Gasteiger partial charge is 0.0726 e. The van der Waals surface area contributed by atoms with Gasteiger partial charge in [-0.3, -0.25) is 0 Å². The number of hydrogen-bond donors (Lipinski definition) is 0. The van der Waals surface area contributed by atoms with Crippen molar-refractivity contribution in [3.8, 4) is 0 Å². The van der Waals surface area contributed by atoms with Crippen molar-refractivity contribution < 1.29 is 4.74 Å². The summed E-state index contributed by atoms with van der Waals surface area (Å²) in [6, 6.07) is 0. The summed E-state index contributed by atoms with van der Waals surface area (Å²) in [7, 11) is 0. The predicted octanol–water partition coefficient (Wildman–Crippen LogP) is 2.58. The Morgan fingerprint density at radius 3 is 2.21 bits per heavy atom. The molecule has 0 aliphatic carbocycles. The van der Waals surface area contributed by atoms with E-state index in [2.05, 4.69) is 50.8 Å². The fourth-order valence-electron chi connectivity index (χ4n) is 1.94. The zero-order valence-electron chi connectivity index (χ0n) is 9.66. The van der Waals surface area contributed by atoms with Crippen molar-refractivity contribution in [3.05, 3.63) is 23.9 Å². The highest BCUT2D eigenvalue weighted by Gasteiger charge is 2.22. The highest BCUT2D eigenvalue weighted by molar-refractivity contribution is 5.17. The van der Waals surface area contributed by atoms with Gasteiger partial charge in [-0.25, -0.2) is 0 Å². The van der Waals surface area contributed by atoms with Crippen molar-refractivity contribution in [1.29, 1.82) is 0 Å². The molecule has 14 heavy (non-hydrogen) atoms. The molecular formula is C12H21NO. The number of nitrogens with zero attached hydrogens (tertiary/aromatic N) is 1. The van der Waals surface area contributed by atoms with Crippen molar-refractivity contribution in [2.24, 2.45) is 0 Å². The van der Waals surface area contributed by atoms with Gasteiger partial charge in [0.1, 0.15) is 0 Å². The van der Waals surface area contributed by atoms with Crippen LogP contribution in [0, 0.1) is 0 Å². The van der Waals surface area contributed by atoms with E-state index in [0.29, 0.717) is 12.2 Å². The number of allylic oxidation sites excluding steroid dienone is 3.